The number of fused-ring (bicyclic) bond motifs is 2. The highest BCUT2D eigenvalue weighted by Gasteiger charge is 2.26. The largest absolute Gasteiger partial charge is 0.354 e. The Morgan fingerprint density at radius 2 is 2.12 bits per heavy atom. The second kappa shape index (κ2) is 7.86. The van der Waals surface area contributed by atoms with E-state index in [0.717, 1.165) is 65.5 Å². The number of imidazole rings is 1. The van der Waals surface area contributed by atoms with Crippen molar-refractivity contribution in [3.63, 3.8) is 0 Å². The standard InChI is InChI=1S/C27H22FN5/c28-24-12-19(3-7-23(24)26-8-4-20-15-31-16-33(20)26)27-22(6-1-17-9-10-30-14-17)21-5-2-18(13-29)11-25(21)32-27/h2-3,5,7,10-12,14-16,26,32H,1,4,6,8-9H2. The van der Waals surface area contributed by atoms with Gasteiger partial charge in [-0.25, -0.2) is 9.37 Å². The van der Waals surface area contributed by atoms with E-state index >= 15 is 4.39 Å². The molecule has 2 aliphatic rings. The third-order valence-electron chi connectivity index (χ3n) is 6.85. The van der Waals surface area contributed by atoms with Crippen molar-refractivity contribution in [2.75, 3.05) is 0 Å². The van der Waals surface area contributed by atoms with Crippen LogP contribution in [-0.2, 0) is 12.8 Å². The Kier molecular flexibility index (Phi) is 4.69. The molecule has 2 aromatic heterocycles. The van der Waals surface area contributed by atoms with E-state index in [1.807, 2.05) is 48.9 Å². The van der Waals surface area contributed by atoms with E-state index in [-0.39, 0.29) is 11.9 Å². The molecule has 0 spiro atoms. The summed E-state index contributed by atoms with van der Waals surface area (Å²) in [6.07, 6.45) is 11.9. The summed E-state index contributed by atoms with van der Waals surface area (Å²) in [5.74, 6) is -0.201. The first-order valence-corrected chi connectivity index (χ1v) is 11.3. The van der Waals surface area contributed by atoms with Crippen LogP contribution in [0.5, 0.6) is 0 Å². The number of H-pyrrole nitrogens is 1. The molecule has 0 amide bonds. The van der Waals surface area contributed by atoms with E-state index in [0.29, 0.717) is 11.1 Å². The normalized spacial score (nSPS) is 16.8. The zero-order chi connectivity index (χ0) is 22.4. The number of aromatic amines is 1. The van der Waals surface area contributed by atoms with Crippen LogP contribution in [-0.4, -0.2) is 20.7 Å². The molecule has 5 nitrogen and oxygen atoms in total. The Bertz CT molecular complexity index is 1480. The average molecular weight is 436 g/mol. The number of nitrogens with one attached hydrogen (secondary N) is 1. The molecular weight excluding hydrogens is 413 g/mol. The molecule has 6 heteroatoms. The zero-order valence-electron chi connectivity index (χ0n) is 18.1. The number of nitrogens with zero attached hydrogens (tertiary/aromatic N) is 4. The van der Waals surface area contributed by atoms with Gasteiger partial charge in [-0.2, -0.15) is 5.26 Å². The van der Waals surface area contributed by atoms with Crippen LogP contribution in [0.4, 0.5) is 4.39 Å². The number of rotatable bonds is 5. The number of hydrogen-bond acceptors (Lipinski definition) is 3. The van der Waals surface area contributed by atoms with Crippen LogP contribution < -0.4 is 0 Å². The highest BCUT2D eigenvalue weighted by atomic mass is 19.1. The summed E-state index contributed by atoms with van der Waals surface area (Å²) < 4.78 is 17.5. The summed E-state index contributed by atoms with van der Waals surface area (Å²) in [4.78, 5) is 11.9. The molecule has 1 atom stereocenters. The second-order valence-corrected chi connectivity index (χ2v) is 8.76. The van der Waals surface area contributed by atoms with E-state index in [2.05, 4.69) is 25.6 Å². The molecule has 4 heterocycles. The number of aryl methyl sites for hydroxylation is 2. The highest BCUT2D eigenvalue weighted by Crippen LogP contribution is 2.37. The lowest BCUT2D eigenvalue weighted by Crippen LogP contribution is -2.07. The van der Waals surface area contributed by atoms with Gasteiger partial charge in [-0.3, -0.25) is 4.99 Å². The average Bonchev–Trinajstić information content (AvgIpc) is 3.61. The fraction of sp³-hybridized carbons (Fsp3) is 0.222. The highest BCUT2D eigenvalue weighted by molar-refractivity contribution is 5.91. The summed E-state index contributed by atoms with van der Waals surface area (Å²) in [7, 11) is 0. The van der Waals surface area contributed by atoms with Crippen molar-refractivity contribution in [1.29, 1.82) is 5.26 Å². The van der Waals surface area contributed by atoms with Gasteiger partial charge in [0.1, 0.15) is 5.82 Å². The van der Waals surface area contributed by atoms with Gasteiger partial charge in [0, 0.05) is 58.4 Å². The van der Waals surface area contributed by atoms with E-state index in [9.17, 15) is 5.26 Å². The Balaban J connectivity index is 1.40. The van der Waals surface area contributed by atoms with Crippen molar-refractivity contribution in [1.82, 2.24) is 14.5 Å². The van der Waals surface area contributed by atoms with Crippen LogP contribution in [0.2, 0.25) is 0 Å². The fourth-order valence-electron chi connectivity index (χ4n) is 5.15. The first-order chi connectivity index (χ1) is 16.2. The summed E-state index contributed by atoms with van der Waals surface area (Å²) in [6, 6.07) is 13.5. The van der Waals surface area contributed by atoms with Crippen LogP contribution in [0.1, 0.15) is 47.7 Å². The molecule has 0 bridgehead atoms. The first-order valence-electron chi connectivity index (χ1n) is 11.3. The van der Waals surface area contributed by atoms with Gasteiger partial charge in [-0.1, -0.05) is 18.2 Å². The number of halogens is 1. The molecule has 0 radical (unpaired) electrons. The molecular formula is C27H22FN5. The topological polar surface area (TPSA) is 69.8 Å². The minimum absolute atomic E-state index is 0.00812. The summed E-state index contributed by atoms with van der Waals surface area (Å²) >= 11 is 0. The zero-order valence-corrected chi connectivity index (χ0v) is 18.1. The van der Waals surface area contributed by atoms with E-state index in [1.165, 1.54) is 5.57 Å². The van der Waals surface area contributed by atoms with Crippen molar-refractivity contribution >= 4 is 17.1 Å². The van der Waals surface area contributed by atoms with Gasteiger partial charge in [-0.15, -0.1) is 0 Å². The Morgan fingerprint density at radius 1 is 1.18 bits per heavy atom. The number of aromatic nitrogens is 3. The Hall–Kier alpha value is -3.98. The van der Waals surface area contributed by atoms with Gasteiger partial charge in [-0.05, 0) is 55.0 Å². The second-order valence-electron chi connectivity index (χ2n) is 8.76. The van der Waals surface area contributed by atoms with Gasteiger partial charge >= 0.3 is 0 Å². The van der Waals surface area contributed by atoms with Crippen molar-refractivity contribution in [2.45, 2.75) is 38.1 Å². The molecule has 2 aromatic carbocycles. The SMILES string of the molecule is N#Cc1ccc2c(CCC3=CN=CC3)c(-c3ccc(C4CCc5cncn54)c(F)c3)[nH]c2c1. The Labute approximate surface area is 190 Å². The molecule has 6 rings (SSSR count). The van der Waals surface area contributed by atoms with E-state index in [4.69, 9.17) is 0 Å². The van der Waals surface area contributed by atoms with Gasteiger partial charge < -0.3 is 9.55 Å². The monoisotopic (exact) mass is 435 g/mol. The maximum absolute atomic E-state index is 15.4. The number of allylic oxidation sites excluding steroid dienone is 1. The molecule has 33 heavy (non-hydrogen) atoms. The number of aliphatic imine (C=N–C) groups is 1. The Morgan fingerprint density at radius 3 is 2.94 bits per heavy atom. The minimum atomic E-state index is -0.201. The third kappa shape index (κ3) is 3.37. The maximum Gasteiger partial charge on any atom is 0.129 e. The van der Waals surface area contributed by atoms with Crippen LogP contribution in [0, 0.1) is 17.1 Å². The quantitative estimate of drug-likeness (QED) is 0.426. The fourth-order valence-corrected chi connectivity index (χ4v) is 5.15. The number of hydrogen-bond donors (Lipinski definition) is 1. The van der Waals surface area contributed by atoms with Crippen molar-refractivity contribution in [3.05, 3.63) is 88.9 Å². The molecule has 0 fully saturated rings. The van der Waals surface area contributed by atoms with Crippen LogP contribution in [0.3, 0.4) is 0 Å². The van der Waals surface area contributed by atoms with Gasteiger partial charge in [0.25, 0.3) is 0 Å². The predicted octanol–water partition coefficient (Wildman–Crippen LogP) is 5.87. The summed E-state index contributed by atoms with van der Waals surface area (Å²) in [5.41, 5.74) is 7.54. The molecule has 2 aliphatic heterocycles. The molecule has 0 saturated heterocycles. The summed E-state index contributed by atoms with van der Waals surface area (Å²) in [6.45, 7) is 0. The molecule has 0 saturated carbocycles. The molecule has 4 aromatic rings. The van der Waals surface area contributed by atoms with Crippen molar-refractivity contribution in [3.8, 4) is 17.3 Å². The lowest BCUT2D eigenvalue weighted by Gasteiger charge is -2.15. The lowest BCUT2D eigenvalue weighted by atomic mass is 9.96. The molecule has 1 unspecified atom stereocenters. The lowest BCUT2D eigenvalue weighted by molar-refractivity contribution is 0.546. The maximum atomic E-state index is 15.4. The van der Waals surface area contributed by atoms with E-state index in [1.54, 1.807) is 12.4 Å². The van der Waals surface area contributed by atoms with Crippen LogP contribution >= 0.6 is 0 Å². The minimum Gasteiger partial charge on any atom is -0.354 e. The first kappa shape index (κ1) is 19.7. The van der Waals surface area contributed by atoms with Gasteiger partial charge in [0.15, 0.2) is 0 Å². The van der Waals surface area contributed by atoms with Crippen LogP contribution in [0.25, 0.3) is 22.2 Å². The van der Waals surface area contributed by atoms with E-state index < -0.39 is 0 Å². The number of nitriles is 1. The van der Waals surface area contributed by atoms with Crippen LogP contribution in [0.15, 0.2) is 65.7 Å². The number of benzene rings is 2. The van der Waals surface area contributed by atoms with Gasteiger partial charge in [0.2, 0.25) is 0 Å². The third-order valence-corrected chi connectivity index (χ3v) is 6.85. The summed E-state index contributed by atoms with van der Waals surface area (Å²) in [5, 5.41) is 10.4. The molecule has 0 aliphatic carbocycles. The van der Waals surface area contributed by atoms with Crippen molar-refractivity contribution < 1.29 is 4.39 Å². The molecule has 1 N–H and O–H groups in total. The molecule has 162 valence electrons. The van der Waals surface area contributed by atoms with Crippen molar-refractivity contribution in [2.24, 2.45) is 4.99 Å². The smallest absolute Gasteiger partial charge is 0.129 e. The van der Waals surface area contributed by atoms with Gasteiger partial charge in [0.05, 0.1) is 24.0 Å². The predicted molar refractivity (Wildman–Crippen MR) is 127 cm³/mol.